The van der Waals surface area contributed by atoms with Gasteiger partial charge in [-0.15, -0.1) is 0 Å². The van der Waals surface area contributed by atoms with Crippen LogP contribution in [0.2, 0.25) is 0 Å². The molecule has 1 aliphatic rings. The summed E-state index contributed by atoms with van der Waals surface area (Å²) in [5, 5.41) is 3.16. The van der Waals surface area contributed by atoms with E-state index in [4.69, 9.17) is 0 Å². The fourth-order valence-electron chi connectivity index (χ4n) is 3.30. The second-order valence-corrected chi connectivity index (χ2v) is 7.20. The van der Waals surface area contributed by atoms with Crippen molar-refractivity contribution < 1.29 is 4.79 Å². The highest BCUT2D eigenvalue weighted by atomic mass is 16.2. The Bertz CT molecular complexity index is 834. The molecule has 0 saturated carbocycles. The number of nitrogens with zero attached hydrogens (tertiary/aromatic N) is 2. The number of carbonyl (C=O) groups excluding carboxylic acids is 1. The summed E-state index contributed by atoms with van der Waals surface area (Å²) in [6, 6.07) is 5.53. The average Bonchev–Trinajstić information content (AvgIpc) is 2.61. The van der Waals surface area contributed by atoms with Gasteiger partial charge in [0.2, 0.25) is 0 Å². The minimum atomic E-state index is -0.0823. The lowest BCUT2D eigenvalue weighted by molar-refractivity contribution is 0.0697. The summed E-state index contributed by atoms with van der Waals surface area (Å²) >= 11 is 0. The molecule has 3 rings (SSSR count). The zero-order valence-corrected chi connectivity index (χ0v) is 15.6. The second-order valence-electron chi connectivity index (χ2n) is 7.20. The third-order valence-electron chi connectivity index (χ3n) is 5.02. The molecule has 1 amide bonds. The molecule has 3 heterocycles. The Kier molecular flexibility index (Phi) is 5.40. The van der Waals surface area contributed by atoms with E-state index in [-0.39, 0.29) is 11.5 Å². The first-order valence-electron chi connectivity index (χ1n) is 9.12. The van der Waals surface area contributed by atoms with Crippen LogP contribution in [0.1, 0.15) is 46.9 Å². The number of hydrogen-bond donors (Lipinski definition) is 2. The van der Waals surface area contributed by atoms with E-state index in [1.165, 1.54) is 0 Å². The first-order valence-corrected chi connectivity index (χ1v) is 9.12. The molecule has 1 aliphatic heterocycles. The van der Waals surface area contributed by atoms with Gasteiger partial charge in [0.05, 0.1) is 5.56 Å². The predicted molar refractivity (Wildman–Crippen MR) is 102 cm³/mol. The number of carbonyl (C=O) groups is 1. The van der Waals surface area contributed by atoms with Crippen molar-refractivity contribution in [2.75, 3.05) is 18.4 Å². The second kappa shape index (κ2) is 7.72. The first kappa shape index (κ1) is 18.2. The van der Waals surface area contributed by atoms with Crippen molar-refractivity contribution in [1.82, 2.24) is 14.9 Å². The van der Waals surface area contributed by atoms with Gasteiger partial charge >= 0.3 is 0 Å². The van der Waals surface area contributed by atoms with E-state index in [2.05, 4.69) is 22.2 Å². The molecule has 1 fully saturated rings. The van der Waals surface area contributed by atoms with Gasteiger partial charge in [-0.3, -0.25) is 9.59 Å². The highest BCUT2D eigenvalue weighted by Crippen LogP contribution is 2.18. The average molecular weight is 354 g/mol. The smallest absolute Gasteiger partial charge is 0.255 e. The monoisotopic (exact) mass is 354 g/mol. The molecule has 26 heavy (non-hydrogen) atoms. The summed E-state index contributed by atoms with van der Waals surface area (Å²) in [4.78, 5) is 33.6. The minimum absolute atomic E-state index is 0.0433. The molecular weight excluding hydrogens is 328 g/mol. The lowest BCUT2D eigenvalue weighted by Crippen LogP contribution is -2.37. The number of aromatic amines is 1. The number of nitrogens with one attached hydrogen (secondary N) is 2. The number of aryl methyl sites for hydroxylation is 2. The maximum Gasteiger partial charge on any atom is 0.255 e. The lowest BCUT2D eigenvalue weighted by Gasteiger charge is -2.30. The van der Waals surface area contributed by atoms with E-state index in [1.807, 2.05) is 24.8 Å². The van der Waals surface area contributed by atoms with Gasteiger partial charge in [-0.25, -0.2) is 4.98 Å². The van der Waals surface area contributed by atoms with E-state index in [1.54, 1.807) is 18.3 Å². The largest absolute Gasteiger partial charge is 0.366 e. The molecule has 2 aromatic rings. The fourth-order valence-corrected chi connectivity index (χ4v) is 3.30. The number of piperidine rings is 1. The Labute approximate surface area is 153 Å². The topological polar surface area (TPSA) is 78.1 Å². The van der Waals surface area contributed by atoms with Gasteiger partial charge < -0.3 is 15.2 Å². The summed E-state index contributed by atoms with van der Waals surface area (Å²) in [6.45, 7) is 8.04. The van der Waals surface area contributed by atoms with Crippen molar-refractivity contribution in [1.29, 1.82) is 0 Å². The van der Waals surface area contributed by atoms with Gasteiger partial charge in [0.1, 0.15) is 5.82 Å². The molecule has 2 N–H and O–H groups in total. The van der Waals surface area contributed by atoms with Gasteiger partial charge in [0.25, 0.3) is 11.5 Å². The molecule has 6 heteroatoms. The Morgan fingerprint density at radius 1 is 1.31 bits per heavy atom. The Morgan fingerprint density at radius 2 is 2.04 bits per heavy atom. The zero-order chi connectivity index (χ0) is 18.7. The van der Waals surface area contributed by atoms with Gasteiger partial charge in [-0.2, -0.15) is 0 Å². The number of pyridine rings is 2. The lowest BCUT2D eigenvalue weighted by atomic mass is 9.99. The van der Waals surface area contributed by atoms with Crippen LogP contribution in [-0.2, 0) is 6.54 Å². The number of likely N-dealkylation sites (tertiary alicyclic amines) is 1. The summed E-state index contributed by atoms with van der Waals surface area (Å²) in [5.41, 5.74) is 3.02. The number of anilines is 1. The summed E-state index contributed by atoms with van der Waals surface area (Å²) in [7, 11) is 0. The predicted octanol–water partition coefficient (Wildman–Crippen LogP) is 2.87. The van der Waals surface area contributed by atoms with Crippen molar-refractivity contribution in [3.05, 3.63) is 57.1 Å². The van der Waals surface area contributed by atoms with E-state index in [0.717, 1.165) is 37.2 Å². The number of rotatable bonds is 4. The SMILES string of the molecule is Cc1cc(C)c(CNc2ccc(C(=O)N3CCC(C)CC3)cn2)c(=O)[nH]1. The van der Waals surface area contributed by atoms with Crippen LogP contribution in [0.25, 0.3) is 0 Å². The van der Waals surface area contributed by atoms with Crippen LogP contribution in [0.3, 0.4) is 0 Å². The highest BCUT2D eigenvalue weighted by molar-refractivity contribution is 5.94. The van der Waals surface area contributed by atoms with Crippen LogP contribution in [0.15, 0.2) is 29.2 Å². The number of aromatic nitrogens is 2. The molecule has 0 bridgehead atoms. The maximum atomic E-state index is 12.5. The standard InChI is InChI=1S/C20H26N4O2/c1-13-6-8-24(9-7-13)20(26)16-4-5-18(21-11-16)22-12-17-14(2)10-15(3)23-19(17)25/h4-5,10-11,13H,6-9,12H2,1-3H3,(H,21,22)(H,23,25). The minimum Gasteiger partial charge on any atom is -0.366 e. The first-order chi connectivity index (χ1) is 12.4. The number of hydrogen-bond acceptors (Lipinski definition) is 4. The zero-order valence-electron chi connectivity index (χ0n) is 15.6. The Hall–Kier alpha value is -2.63. The molecule has 0 aliphatic carbocycles. The molecule has 6 nitrogen and oxygen atoms in total. The van der Waals surface area contributed by atoms with Crippen LogP contribution in [0, 0.1) is 19.8 Å². The van der Waals surface area contributed by atoms with E-state index in [9.17, 15) is 9.59 Å². The van der Waals surface area contributed by atoms with Crippen molar-refractivity contribution in [2.45, 2.75) is 40.2 Å². The molecule has 0 spiro atoms. The Morgan fingerprint density at radius 3 is 2.65 bits per heavy atom. The molecule has 0 unspecified atom stereocenters. The number of H-pyrrole nitrogens is 1. The van der Waals surface area contributed by atoms with Gasteiger partial charge in [-0.05, 0) is 56.4 Å². The molecule has 1 saturated heterocycles. The van der Waals surface area contributed by atoms with Crippen LogP contribution in [0.5, 0.6) is 0 Å². The third kappa shape index (κ3) is 4.12. The van der Waals surface area contributed by atoms with Gasteiger partial charge in [0, 0.05) is 37.1 Å². The van der Waals surface area contributed by atoms with Crippen LogP contribution < -0.4 is 10.9 Å². The maximum absolute atomic E-state index is 12.5. The van der Waals surface area contributed by atoms with Crippen LogP contribution in [0.4, 0.5) is 5.82 Å². The third-order valence-corrected chi connectivity index (χ3v) is 5.02. The Balaban J connectivity index is 1.63. The summed E-state index contributed by atoms with van der Waals surface area (Å²) in [6.07, 6.45) is 3.72. The molecular formula is C20H26N4O2. The highest BCUT2D eigenvalue weighted by Gasteiger charge is 2.21. The van der Waals surface area contributed by atoms with E-state index in [0.29, 0.717) is 29.4 Å². The van der Waals surface area contributed by atoms with Gasteiger partial charge in [-0.1, -0.05) is 6.92 Å². The van der Waals surface area contributed by atoms with Crippen molar-refractivity contribution in [3.63, 3.8) is 0 Å². The van der Waals surface area contributed by atoms with Crippen molar-refractivity contribution >= 4 is 11.7 Å². The normalized spacial score (nSPS) is 15.1. The van der Waals surface area contributed by atoms with Crippen molar-refractivity contribution in [3.8, 4) is 0 Å². The molecule has 0 radical (unpaired) electrons. The van der Waals surface area contributed by atoms with Crippen molar-refractivity contribution in [2.24, 2.45) is 5.92 Å². The summed E-state index contributed by atoms with van der Waals surface area (Å²) in [5.74, 6) is 1.38. The molecule has 138 valence electrons. The fraction of sp³-hybridized carbons (Fsp3) is 0.450. The molecule has 0 atom stereocenters. The van der Waals surface area contributed by atoms with E-state index >= 15 is 0 Å². The van der Waals surface area contributed by atoms with Crippen LogP contribution >= 0.6 is 0 Å². The molecule has 2 aromatic heterocycles. The molecule has 0 aromatic carbocycles. The van der Waals surface area contributed by atoms with Gasteiger partial charge in [0.15, 0.2) is 0 Å². The quantitative estimate of drug-likeness (QED) is 0.885. The van der Waals surface area contributed by atoms with Crippen LogP contribution in [-0.4, -0.2) is 33.9 Å². The number of amides is 1. The summed E-state index contributed by atoms with van der Waals surface area (Å²) < 4.78 is 0. The van der Waals surface area contributed by atoms with E-state index < -0.39 is 0 Å².